The van der Waals surface area contributed by atoms with Crippen LogP contribution in [0.3, 0.4) is 0 Å². The number of ether oxygens (including phenoxy) is 1. The van der Waals surface area contributed by atoms with E-state index >= 15 is 0 Å². The van der Waals surface area contributed by atoms with Crippen molar-refractivity contribution in [2.45, 2.75) is 53.2 Å². The molecule has 1 aromatic rings. The van der Waals surface area contributed by atoms with Gasteiger partial charge < -0.3 is 9.53 Å². The molecule has 0 aliphatic rings. The lowest BCUT2D eigenvalue weighted by molar-refractivity contribution is -0.112. The number of hydrogen-bond donors (Lipinski definition) is 0. The highest BCUT2D eigenvalue weighted by atomic mass is 16.6. The van der Waals surface area contributed by atoms with Crippen molar-refractivity contribution in [3.8, 4) is 0 Å². The van der Waals surface area contributed by atoms with Crippen LogP contribution >= 0.6 is 0 Å². The van der Waals surface area contributed by atoms with Crippen LogP contribution in [-0.4, -0.2) is 29.9 Å². The van der Waals surface area contributed by atoms with Crippen molar-refractivity contribution in [1.29, 1.82) is 0 Å². The van der Waals surface area contributed by atoms with Crippen molar-refractivity contribution in [3.05, 3.63) is 34.4 Å². The maximum absolute atomic E-state index is 12.2. The first-order chi connectivity index (χ1) is 9.56. The molecular weight excluding hydrogens is 266 g/mol. The van der Waals surface area contributed by atoms with Crippen LogP contribution in [0.4, 0.5) is 4.79 Å². The Morgan fingerprint density at radius 2 is 1.67 bits per heavy atom. The van der Waals surface area contributed by atoms with Gasteiger partial charge in [-0.3, -0.25) is 4.90 Å². The van der Waals surface area contributed by atoms with Gasteiger partial charge >= 0.3 is 6.09 Å². The zero-order valence-electron chi connectivity index (χ0n) is 14.0. The summed E-state index contributed by atoms with van der Waals surface area (Å²) in [6, 6.07) is 3.39. The highest BCUT2D eigenvalue weighted by Gasteiger charge is 2.28. The first-order valence-corrected chi connectivity index (χ1v) is 7.05. The second kappa shape index (κ2) is 6.29. The number of amides is 1. The van der Waals surface area contributed by atoms with Gasteiger partial charge in [0.05, 0.1) is 0 Å². The molecule has 0 heterocycles. The minimum absolute atomic E-state index is 0.501. The molecule has 0 saturated carbocycles. The molecule has 0 saturated heterocycles. The molecule has 0 aliphatic carbocycles. The number of aldehydes is 1. The quantitative estimate of drug-likeness (QED) is 0.797. The fourth-order valence-corrected chi connectivity index (χ4v) is 2.46. The summed E-state index contributed by atoms with van der Waals surface area (Å²) in [5.74, 6) is 0. The highest BCUT2D eigenvalue weighted by molar-refractivity contribution is 5.75. The van der Waals surface area contributed by atoms with Gasteiger partial charge in [-0.1, -0.05) is 17.7 Å². The number of benzene rings is 1. The summed E-state index contributed by atoms with van der Waals surface area (Å²) in [5, 5.41) is 0. The molecule has 0 spiro atoms. The van der Waals surface area contributed by atoms with Crippen LogP contribution in [-0.2, 0) is 9.53 Å². The predicted octanol–water partition coefficient (Wildman–Crippen LogP) is 3.72. The lowest BCUT2D eigenvalue weighted by Crippen LogP contribution is -2.37. The molecule has 0 bridgehead atoms. The largest absolute Gasteiger partial charge is 0.444 e. The molecule has 0 aromatic heterocycles. The van der Waals surface area contributed by atoms with E-state index in [4.69, 9.17) is 4.74 Å². The third kappa shape index (κ3) is 4.31. The third-order valence-corrected chi connectivity index (χ3v) is 3.26. The minimum atomic E-state index is -0.638. The molecule has 0 N–H and O–H groups in total. The maximum Gasteiger partial charge on any atom is 0.410 e. The van der Waals surface area contributed by atoms with Gasteiger partial charge in [0.25, 0.3) is 0 Å². The second-order valence-electron chi connectivity index (χ2n) is 6.48. The summed E-state index contributed by atoms with van der Waals surface area (Å²) < 4.78 is 5.34. The van der Waals surface area contributed by atoms with Crippen molar-refractivity contribution in [1.82, 2.24) is 4.90 Å². The number of carbonyl (C=O) groups is 2. The third-order valence-electron chi connectivity index (χ3n) is 3.26. The molecule has 0 fully saturated rings. The Kier molecular flexibility index (Phi) is 5.15. The van der Waals surface area contributed by atoms with E-state index < -0.39 is 17.7 Å². The molecule has 4 nitrogen and oxygen atoms in total. The number of hydrogen-bond acceptors (Lipinski definition) is 3. The molecule has 1 amide bonds. The van der Waals surface area contributed by atoms with Crippen LogP contribution in [0.2, 0.25) is 0 Å². The molecule has 21 heavy (non-hydrogen) atoms. The average molecular weight is 291 g/mol. The smallest absolute Gasteiger partial charge is 0.410 e. The van der Waals surface area contributed by atoms with Crippen molar-refractivity contribution in [3.63, 3.8) is 0 Å². The maximum atomic E-state index is 12.2. The van der Waals surface area contributed by atoms with Crippen molar-refractivity contribution in [2.24, 2.45) is 0 Å². The van der Waals surface area contributed by atoms with Crippen LogP contribution in [0, 0.1) is 20.8 Å². The Bertz CT molecular complexity index is 520. The Hall–Kier alpha value is -1.84. The van der Waals surface area contributed by atoms with E-state index in [1.807, 2.05) is 32.9 Å². The number of carbonyl (C=O) groups excluding carboxylic acids is 2. The average Bonchev–Trinajstić information content (AvgIpc) is 2.30. The Balaban J connectivity index is 3.14. The second-order valence-corrected chi connectivity index (χ2v) is 6.48. The van der Waals surface area contributed by atoms with Crippen LogP contribution < -0.4 is 0 Å². The van der Waals surface area contributed by atoms with Gasteiger partial charge in [0, 0.05) is 7.05 Å². The molecule has 0 radical (unpaired) electrons. The molecule has 1 atom stereocenters. The van der Waals surface area contributed by atoms with Gasteiger partial charge in [-0.25, -0.2) is 4.79 Å². The lowest BCUT2D eigenvalue weighted by Gasteiger charge is -2.29. The van der Waals surface area contributed by atoms with Crippen LogP contribution in [0.1, 0.15) is 49.1 Å². The molecule has 1 rings (SSSR count). The number of nitrogens with zero attached hydrogens (tertiary/aromatic N) is 1. The zero-order chi connectivity index (χ0) is 16.4. The first-order valence-electron chi connectivity index (χ1n) is 7.05. The fourth-order valence-electron chi connectivity index (χ4n) is 2.46. The van der Waals surface area contributed by atoms with Gasteiger partial charge in [-0.2, -0.15) is 0 Å². The zero-order valence-corrected chi connectivity index (χ0v) is 14.0. The molecule has 116 valence electrons. The predicted molar refractivity (Wildman–Crippen MR) is 83.5 cm³/mol. The molecule has 0 aliphatic heterocycles. The molecular formula is C17H25NO3. The van der Waals surface area contributed by atoms with Crippen LogP contribution in [0.5, 0.6) is 0 Å². The monoisotopic (exact) mass is 291 g/mol. The normalized spacial score (nSPS) is 12.7. The Morgan fingerprint density at radius 3 is 2.05 bits per heavy atom. The SMILES string of the molecule is Cc1cc(C)c(C(C=O)N(C)C(=O)OC(C)(C)C)c(C)c1. The topological polar surface area (TPSA) is 46.6 Å². The van der Waals surface area contributed by atoms with Crippen LogP contribution in [0.15, 0.2) is 12.1 Å². The van der Waals surface area contributed by atoms with Crippen molar-refractivity contribution >= 4 is 12.4 Å². The van der Waals surface area contributed by atoms with Gasteiger partial charge in [-0.15, -0.1) is 0 Å². The Morgan fingerprint density at radius 1 is 1.19 bits per heavy atom. The van der Waals surface area contributed by atoms with E-state index in [0.29, 0.717) is 0 Å². The molecule has 1 aromatic carbocycles. The van der Waals surface area contributed by atoms with Crippen LogP contribution in [0.25, 0.3) is 0 Å². The van der Waals surface area contributed by atoms with Gasteiger partial charge in [-0.05, 0) is 58.2 Å². The summed E-state index contributed by atoms with van der Waals surface area (Å²) >= 11 is 0. The number of rotatable bonds is 3. The fraction of sp³-hybridized carbons (Fsp3) is 0.529. The molecule has 1 unspecified atom stereocenters. The van der Waals surface area contributed by atoms with E-state index in [0.717, 1.165) is 28.5 Å². The molecule has 4 heteroatoms. The summed E-state index contributed by atoms with van der Waals surface area (Å²) in [6.45, 7) is 11.3. The van der Waals surface area contributed by atoms with E-state index in [1.54, 1.807) is 27.8 Å². The van der Waals surface area contributed by atoms with Gasteiger partial charge in [0.1, 0.15) is 17.9 Å². The van der Waals surface area contributed by atoms with E-state index in [-0.39, 0.29) is 0 Å². The number of aryl methyl sites for hydroxylation is 3. The van der Waals surface area contributed by atoms with Crippen molar-refractivity contribution in [2.75, 3.05) is 7.05 Å². The van der Waals surface area contributed by atoms with Crippen molar-refractivity contribution < 1.29 is 14.3 Å². The summed E-state index contributed by atoms with van der Waals surface area (Å²) in [5.41, 5.74) is 3.41. The lowest BCUT2D eigenvalue weighted by atomic mass is 9.94. The Labute approximate surface area is 127 Å². The van der Waals surface area contributed by atoms with E-state index in [2.05, 4.69) is 0 Å². The summed E-state index contributed by atoms with van der Waals surface area (Å²) in [4.78, 5) is 25.1. The first kappa shape index (κ1) is 17.2. The van der Waals surface area contributed by atoms with Gasteiger partial charge in [0.15, 0.2) is 0 Å². The highest BCUT2D eigenvalue weighted by Crippen LogP contribution is 2.27. The summed E-state index contributed by atoms with van der Waals surface area (Å²) in [6.07, 6.45) is 0.285. The standard InChI is InChI=1S/C17H25NO3/c1-11-8-12(2)15(13(3)9-11)14(10-19)18(7)16(20)21-17(4,5)6/h8-10,14H,1-7H3. The minimum Gasteiger partial charge on any atom is -0.444 e. The van der Waals surface area contributed by atoms with Gasteiger partial charge in [0.2, 0.25) is 0 Å². The van der Waals surface area contributed by atoms with E-state index in [9.17, 15) is 9.59 Å². The number of likely N-dealkylation sites (N-methyl/N-ethyl adjacent to an activating group) is 1. The summed E-state index contributed by atoms with van der Waals surface area (Å²) in [7, 11) is 1.59. The van der Waals surface area contributed by atoms with E-state index in [1.165, 1.54) is 4.90 Å².